The van der Waals surface area contributed by atoms with E-state index in [-0.39, 0.29) is 49.8 Å². The quantitative estimate of drug-likeness (QED) is 0.641. The van der Waals surface area contributed by atoms with Gasteiger partial charge in [0.05, 0.1) is 23.7 Å². The average Bonchev–Trinajstić information content (AvgIpc) is 2.65. The van der Waals surface area contributed by atoms with Crippen LogP contribution < -0.4 is 5.32 Å². The van der Waals surface area contributed by atoms with Gasteiger partial charge in [0, 0.05) is 33.2 Å². The van der Waals surface area contributed by atoms with Crippen molar-refractivity contribution in [1.82, 2.24) is 9.62 Å². The summed E-state index contributed by atoms with van der Waals surface area (Å²) < 4.78 is 37.0. The van der Waals surface area contributed by atoms with Gasteiger partial charge < -0.3 is 19.9 Å². The van der Waals surface area contributed by atoms with Crippen LogP contribution in [0.3, 0.4) is 0 Å². The predicted molar refractivity (Wildman–Crippen MR) is 91.4 cm³/mol. The summed E-state index contributed by atoms with van der Waals surface area (Å²) in [6, 6.07) is 4.56. The molecule has 1 amide bonds. The van der Waals surface area contributed by atoms with Gasteiger partial charge in [-0.2, -0.15) is 4.31 Å². The Morgan fingerprint density at radius 2 is 1.96 bits per heavy atom. The summed E-state index contributed by atoms with van der Waals surface area (Å²) in [5.74, 6) is -1.98. The van der Waals surface area contributed by atoms with Crippen LogP contribution in [0.4, 0.5) is 0 Å². The molecule has 2 rings (SSSR count). The summed E-state index contributed by atoms with van der Waals surface area (Å²) in [7, 11) is -2.47. The van der Waals surface area contributed by atoms with Crippen molar-refractivity contribution in [2.45, 2.75) is 17.4 Å². The van der Waals surface area contributed by atoms with Crippen molar-refractivity contribution in [2.75, 3.05) is 40.0 Å². The monoisotopic (exact) mass is 386 g/mol. The smallest absolute Gasteiger partial charge is 0.326 e. The number of sulfonamides is 1. The fourth-order valence-corrected chi connectivity index (χ4v) is 4.13. The molecule has 0 radical (unpaired) electrons. The SMILES string of the molecule is COCCC(NC(=O)c1ccccc1S(=O)(=O)N1CCOCC1)C(=O)O. The number of hydrogen-bond acceptors (Lipinski definition) is 6. The lowest BCUT2D eigenvalue weighted by Crippen LogP contribution is -2.43. The molecule has 0 aliphatic carbocycles. The van der Waals surface area contributed by atoms with Gasteiger partial charge in [0.25, 0.3) is 5.91 Å². The van der Waals surface area contributed by atoms with Crippen molar-refractivity contribution >= 4 is 21.9 Å². The highest BCUT2D eigenvalue weighted by Crippen LogP contribution is 2.21. The zero-order valence-electron chi connectivity index (χ0n) is 14.4. The Bertz CT molecular complexity index is 745. The molecule has 9 nitrogen and oxygen atoms in total. The van der Waals surface area contributed by atoms with Crippen molar-refractivity contribution in [3.05, 3.63) is 29.8 Å². The minimum Gasteiger partial charge on any atom is -0.480 e. The van der Waals surface area contributed by atoms with E-state index in [2.05, 4.69) is 5.32 Å². The number of methoxy groups -OCH3 is 1. The first-order chi connectivity index (χ1) is 12.4. The van der Waals surface area contributed by atoms with Crippen molar-refractivity contribution in [3.63, 3.8) is 0 Å². The number of ether oxygens (including phenoxy) is 2. The Hall–Kier alpha value is -2.01. The van der Waals surface area contributed by atoms with Gasteiger partial charge in [-0.1, -0.05) is 12.1 Å². The molecule has 0 saturated carbocycles. The molecule has 2 N–H and O–H groups in total. The maximum Gasteiger partial charge on any atom is 0.326 e. The van der Waals surface area contributed by atoms with Crippen LogP contribution in [-0.4, -0.2) is 75.8 Å². The number of nitrogens with zero attached hydrogens (tertiary/aromatic N) is 1. The molecule has 144 valence electrons. The standard InChI is InChI=1S/C16H22N2O7S/c1-24-9-6-13(16(20)21)17-15(19)12-4-2-3-5-14(12)26(22,23)18-7-10-25-11-8-18/h2-5,13H,6-11H2,1H3,(H,17,19)(H,20,21). The van der Waals surface area contributed by atoms with Gasteiger partial charge in [0.2, 0.25) is 10.0 Å². The minimum atomic E-state index is -3.89. The highest BCUT2D eigenvalue weighted by molar-refractivity contribution is 7.89. The Labute approximate surface area is 151 Å². The maximum absolute atomic E-state index is 12.9. The van der Waals surface area contributed by atoms with E-state index in [0.717, 1.165) is 0 Å². The van der Waals surface area contributed by atoms with Gasteiger partial charge in [-0.15, -0.1) is 0 Å². The zero-order valence-corrected chi connectivity index (χ0v) is 15.2. The zero-order chi connectivity index (χ0) is 19.2. The fraction of sp³-hybridized carbons (Fsp3) is 0.500. The molecule has 1 heterocycles. The molecule has 26 heavy (non-hydrogen) atoms. The van der Waals surface area contributed by atoms with E-state index < -0.39 is 27.9 Å². The number of carbonyl (C=O) groups is 2. The molecular formula is C16H22N2O7S. The normalized spacial score (nSPS) is 16.8. The lowest BCUT2D eigenvalue weighted by Gasteiger charge is -2.27. The maximum atomic E-state index is 12.9. The molecule has 1 saturated heterocycles. The Balaban J connectivity index is 2.27. The van der Waals surface area contributed by atoms with Gasteiger partial charge in [-0.05, 0) is 12.1 Å². The summed E-state index contributed by atoms with van der Waals surface area (Å²) in [5, 5.41) is 11.6. The molecule has 0 spiro atoms. The predicted octanol–water partition coefficient (Wildman–Crippen LogP) is -0.0730. The number of amides is 1. The second kappa shape index (κ2) is 9.08. The van der Waals surface area contributed by atoms with Crippen LogP contribution in [0, 0.1) is 0 Å². The van der Waals surface area contributed by atoms with E-state index in [1.54, 1.807) is 0 Å². The number of rotatable bonds is 8. The van der Waals surface area contributed by atoms with E-state index in [9.17, 15) is 23.1 Å². The topological polar surface area (TPSA) is 122 Å². The first-order valence-electron chi connectivity index (χ1n) is 8.07. The lowest BCUT2D eigenvalue weighted by atomic mass is 10.1. The van der Waals surface area contributed by atoms with Crippen molar-refractivity contribution in [1.29, 1.82) is 0 Å². The summed E-state index contributed by atoms with van der Waals surface area (Å²) in [4.78, 5) is 23.7. The average molecular weight is 386 g/mol. The number of carbonyl (C=O) groups excluding carboxylic acids is 1. The summed E-state index contributed by atoms with van der Waals surface area (Å²) in [6.07, 6.45) is 0.0654. The van der Waals surface area contributed by atoms with Crippen molar-refractivity contribution in [2.24, 2.45) is 0 Å². The molecule has 1 unspecified atom stereocenters. The Morgan fingerprint density at radius 3 is 2.58 bits per heavy atom. The lowest BCUT2D eigenvalue weighted by molar-refractivity contribution is -0.139. The molecule has 1 aliphatic rings. The van der Waals surface area contributed by atoms with Crippen LogP contribution in [0.2, 0.25) is 0 Å². The van der Waals surface area contributed by atoms with Crippen molar-refractivity contribution < 1.29 is 32.6 Å². The van der Waals surface area contributed by atoms with Crippen LogP contribution in [0.5, 0.6) is 0 Å². The highest BCUT2D eigenvalue weighted by atomic mass is 32.2. The Morgan fingerprint density at radius 1 is 1.31 bits per heavy atom. The van der Waals surface area contributed by atoms with Crippen LogP contribution in [-0.2, 0) is 24.3 Å². The van der Waals surface area contributed by atoms with Gasteiger partial charge >= 0.3 is 5.97 Å². The number of carboxylic acid groups (broad SMARTS) is 1. The van der Waals surface area contributed by atoms with E-state index in [4.69, 9.17) is 9.47 Å². The third kappa shape index (κ3) is 4.79. The van der Waals surface area contributed by atoms with Crippen LogP contribution in [0.1, 0.15) is 16.8 Å². The first-order valence-corrected chi connectivity index (χ1v) is 9.51. The molecule has 1 aliphatic heterocycles. The molecule has 1 atom stereocenters. The van der Waals surface area contributed by atoms with Crippen molar-refractivity contribution in [3.8, 4) is 0 Å². The van der Waals surface area contributed by atoms with Crippen LogP contribution >= 0.6 is 0 Å². The van der Waals surface area contributed by atoms with E-state index in [1.807, 2.05) is 0 Å². The molecule has 10 heteroatoms. The van der Waals surface area contributed by atoms with E-state index in [0.29, 0.717) is 0 Å². The molecule has 1 aromatic carbocycles. The van der Waals surface area contributed by atoms with Gasteiger partial charge in [0.15, 0.2) is 0 Å². The second-order valence-electron chi connectivity index (χ2n) is 5.66. The Kier molecular flexibility index (Phi) is 7.09. The largest absolute Gasteiger partial charge is 0.480 e. The summed E-state index contributed by atoms with van der Waals surface area (Å²) in [6.45, 7) is 1.11. The van der Waals surface area contributed by atoms with Gasteiger partial charge in [-0.25, -0.2) is 13.2 Å². The molecule has 1 aromatic rings. The summed E-state index contributed by atoms with van der Waals surface area (Å²) in [5.41, 5.74) is -0.0948. The molecule has 1 fully saturated rings. The van der Waals surface area contributed by atoms with Crippen LogP contribution in [0.25, 0.3) is 0 Å². The summed E-state index contributed by atoms with van der Waals surface area (Å²) >= 11 is 0. The van der Waals surface area contributed by atoms with Crippen LogP contribution in [0.15, 0.2) is 29.2 Å². The number of nitrogens with one attached hydrogen (secondary N) is 1. The third-order valence-corrected chi connectivity index (χ3v) is 5.89. The van der Waals surface area contributed by atoms with E-state index >= 15 is 0 Å². The highest BCUT2D eigenvalue weighted by Gasteiger charge is 2.31. The van der Waals surface area contributed by atoms with Gasteiger partial charge in [-0.3, -0.25) is 4.79 Å². The third-order valence-electron chi connectivity index (χ3n) is 3.93. The first kappa shape index (κ1) is 20.3. The van der Waals surface area contributed by atoms with E-state index in [1.165, 1.54) is 35.7 Å². The van der Waals surface area contributed by atoms with Gasteiger partial charge in [0.1, 0.15) is 6.04 Å². The number of carboxylic acids is 1. The number of hydrogen-bond donors (Lipinski definition) is 2. The molecular weight excluding hydrogens is 364 g/mol. The second-order valence-corrected chi connectivity index (χ2v) is 7.56. The molecule has 0 bridgehead atoms. The molecule has 0 aromatic heterocycles. The number of benzene rings is 1. The fourth-order valence-electron chi connectivity index (χ4n) is 2.53. The minimum absolute atomic E-state index is 0.0654. The number of morpholine rings is 1. The number of aliphatic carboxylic acids is 1.